The largest absolute Gasteiger partial charge is 0.314 e. The second kappa shape index (κ2) is 4.10. The third-order valence-electron chi connectivity index (χ3n) is 2.31. The van der Waals surface area contributed by atoms with E-state index in [0.29, 0.717) is 11.5 Å². The molecule has 0 aromatic heterocycles. The Balaban J connectivity index is 3.61. The average molecular weight is 157 g/mol. The molecule has 0 heterocycles. The van der Waals surface area contributed by atoms with Crippen molar-refractivity contribution < 1.29 is 0 Å². The number of nitrogens with one attached hydrogen (secondary N) is 1. The molecule has 0 aliphatic carbocycles. The van der Waals surface area contributed by atoms with E-state index in [1.807, 2.05) is 0 Å². The van der Waals surface area contributed by atoms with Gasteiger partial charge >= 0.3 is 0 Å². The van der Waals surface area contributed by atoms with Crippen molar-refractivity contribution in [2.45, 2.75) is 47.6 Å². The Hall–Kier alpha value is -0.0400. The molecule has 68 valence electrons. The van der Waals surface area contributed by atoms with Gasteiger partial charge in [-0.2, -0.15) is 0 Å². The van der Waals surface area contributed by atoms with Gasteiger partial charge in [0.1, 0.15) is 0 Å². The highest BCUT2D eigenvalue weighted by Crippen LogP contribution is 2.24. The third-order valence-corrected chi connectivity index (χ3v) is 2.31. The van der Waals surface area contributed by atoms with Gasteiger partial charge in [0.2, 0.25) is 0 Å². The number of rotatable bonds is 3. The van der Waals surface area contributed by atoms with E-state index in [4.69, 9.17) is 0 Å². The summed E-state index contributed by atoms with van der Waals surface area (Å²) in [4.78, 5) is 0. The van der Waals surface area contributed by atoms with Gasteiger partial charge in [-0.15, -0.1) is 0 Å². The summed E-state index contributed by atoms with van der Waals surface area (Å²) in [6.45, 7) is 14.7. The van der Waals surface area contributed by atoms with Crippen molar-refractivity contribution in [1.82, 2.24) is 5.32 Å². The van der Waals surface area contributed by atoms with Crippen LogP contribution in [-0.2, 0) is 0 Å². The second-order valence-electron chi connectivity index (χ2n) is 4.83. The van der Waals surface area contributed by atoms with Gasteiger partial charge in [0.25, 0.3) is 0 Å². The molecule has 0 saturated carbocycles. The molecule has 1 N–H and O–H groups in total. The van der Waals surface area contributed by atoms with Crippen LogP contribution >= 0.6 is 0 Å². The van der Waals surface area contributed by atoms with Crippen LogP contribution in [0.25, 0.3) is 0 Å². The third kappa shape index (κ3) is 5.25. The molecule has 0 fully saturated rings. The first-order valence-corrected chi connectivity index (χ1v) is 4.57. The molecule has 1 heteroatoms. The van der Waals surface area contributed by atoms with Crippen molar-refractivity contribution in [3.05, 3.63) is 0 Å². The van der Waals surface area contributed by atoms with Gasteiger partial charge < -0.3 is 5.32 Å². The Morgan fingerprint density at radius 3 is 1.82 bits per heavy atom. The zero-order valence-electron chi connectivity index (χ0n) is 8.86. The summed E-state index contributed by atoms with van der Waals surface area (Å²) >= 11 is 0. The number of hydrogen-bond acceptors (Lipinski definition) is 1. The highest BCUT2D eigenvalue weighted by atomic mass is 14.9. The molecule has 0 aromatic rings. The fourth-order valence-corrected chi connectivity index (χ4v) is 0.719. The Morgan fingerprint density at radius 1 is 1.09 bits per heavy atom. The molecule has 0 amide bonds. The summed E-state index contributed by atoms with van der Waals surface area (Å²) < 4.78 is 0. The fraction of sp³-hybridized carbons (Fsp3) is 1.00. The van der Waals surface area contributed by atoms with E-state index < -0.39 is 0 Å². The molecule has 11 heavy (non-hydrogen) atoms. The van der Waals surface area contributed by atoms with Gasteiger partial charge in [-0.25, -0.2) is 0 Å². The average Bonchev–Trinajstić information content (AvgIpc) is 1.80. The van der Waals surface area contributed by atoms with Crippen LogP contribution in [0.15, 0.2) is 0 Å². The maximum Gasteiger partial charge on any atom is 0.00104 e. The highest BCUT2D eigenvalue weighted by Gasteiger charge is 2.19. The molecule has 0 radical (unpaired) electrons. The highest BCUT2D eigenvalue weighted by molar-refractivity contribution is 4.72. The smallest absolute Gasteiger partial charge is 0.00104 e. The van der Waals surface area contributed by atoms with Gasteiger partial charge in [-0.1, -0.05) is 41.5 Å². The topological polar surface area (TPSA) is 12.0 Å². The zero-order valence-corrected chi connectivity index (χ0v) is 8.86. The molecule has 1 atom stereocenters. The summed E-state index contributed by atoms with van der Waals surface area (Å²) in [7, 11) is 0. The van der Waals surface area contributed by atoms with E-state index in [2.05, 4.69) is 46.9 Å². The van der Waals surface area contributed by atoms with E-state index in [0.717, 1.165) is 12.5 Å². The van der Waals surface area contributed by atoms with E-state index in [-0.39, 0.29) is 0 Å². The summed E-state index contributed by atoms with van der Waals surface area (Å²) in [6.07, 6.45) is 0. The van der Waals surface area contributed by atoms with Crippen LogP contribution < -0.4 is 5.32 Å². The van der Waals surface area contributed by atoms with Gasteiger partial charge in [0.05, 0.1) is 0 Å². The lowest BCUT2D eigenvalue weighted by Crippen LogP contribution is -2.33. The van der Waals surface area contributed by atoms with Gasteiger partial charge in [0.15, 0.2) is 0 Å². The van der Waals surface area contributed by atoms with Crippen LogP contribution in [0.2, 0.25) is 0 Å². The van der Waals surface area contributed by atoms with Crippen molar-refractivity contribution >= 4 is 0 Å². The lowest BCUT2D eigenvalue weighted by molar-refractivity contribution is 0.248. The minimum absolute atomic E-state index is 0.432. The maximum absolute atomic E-state index is 3.45. The molecule has 0 bridgehead atoms. The standard InChI is InChI=1S/C10H23N/c1-8(2)11-7-9(3)10(4,5)6/h8-9,11H,7H2,1-6H3. The van der Waals surface area contributed by atoms with E-state index in [9.17, 15) is 0 Å². The van der Waals surface area contributed by atoms with Crippen LogP contribution in [-0.4, -0.2) is 12.6 Å². The minimum Gasteiger partial charge on any atom is -0.314 e. The first-order valence-electron chi connectivity index (χ1n) is 4.57. The van der Waals surface area contributed by atoms with Crippen LogP contribution in [0.1, 0.15) is 41.5 Å². The normalized spacial score (nSPS) is 15.5. The SMILES string of the molecule is CC(C)NCC(C)C(C)(C)C. The Morgan fingerprint density at radius 2 is 1.55 bits per heavy atom. The van der Waals surface area contributed by atoms with E-state index >= 15 is 0 Å². The summed E-state index contributed by atoms with van der Waals surface area (Å²) in [5.74, 6) is 0.741. The Kier molecular flexibility index (Phi) is 4.09. The number of hydrogen-bond donors (Lipinski definition) is 1. The molecule has 0 rings (SSSR count). The van der Waals surface area contributed by atoms with Crippen molar-refractivity contribution in [3.8, 4) is 0 Å². The van der Waals surface area contributed by atoms with Crippen molar-refractivity contribution in [2.75, 3.05) is 6.54 Å². The predicted octanol–water partition coefficient (Wildman–Crippen LogP) is 2.67. The van der Waals surface area contributed by atoms with E-state index in [1.165, 1.54) is 0 Å². The molecule has 1 unspecified atom stereocenters. The molecule has 1 nitrogen and oxygen atoms in total. The van der Waals surface area contributed by atoms with Crippen LogP contribution in [0, 0.1) is 11.3 Å². The minimum atomic E-state index is 0.432. The molecule has 0 aliphatic heterocycles. The lowest BCUT2D eigenvalue weighted by Gasteiger charge is -2.28. The van der Waals surface area contributed by atoms with Crippen molar-refractivity contribution in [1.29, 1.82) is 0 Å². The van der Waals surface area contributed by atoms with Crippen molar-refractivity contribution in [2.24, 2.45) is 11.3 Å². The first kappa shape index (κ1) is 11.0. The van der Waals surface area contributed by atoms with Crippen LogP contribution in [0.4, 0.5) is 0 Å². The van der Waals surface area contributed by atoms with Gasteiger partial charge in [0, 0.05) is 6.04 Å². The summed E-state index contributed by atoms with van der Waals surface area (Å²) in [5.41, 5.74) is 0.432. The lowest BCUT2D eigenvalue weighted by atomic mass is 9.82. The van der Waals surface area contributed by atoms with Crippen LogP contribution in [0.5, 0.6) is 0 Å². The Bertz CT molecular complexity index is 99.9. The molecular formula is C10H23N. The molecular weight excluding hydrogens is 134 g/mol. The van der Waals surface area contributed by atoms with Gasteiger partial charge in [-0.05, 0) is 17.9 Å². The Labute approximate surface area is 71.6 Å². The second-order valence-corrected chi connectivity index (χ2v) is 4.83. The molecule has 0 spiro atoms. The molecule has 0 saturated heterocycles. The van der Waals surface area contributed by atoms with Crippen molar-refractivity contribution in [3.63, 3.8) is 0 Å². The predicted molar refractivity (Wildman–Crippen MR) is 51.8 cm³/mol. The monoisotopic (exact) mass is 157 g/mol. The molecule has 0 aromatic carbocycles. The maximum atomic E-state index is 3.45. The summed E-state index contributed by atoms with van der Waals surface area (Å²) in [5, 5.41) is 3.45. The van der Waals surface area contributed by atoms with Crippen LogP contribution in [0.3, 0.4) is 0 Å². The van der Waals surface area contributed by atoms with Gasteiger partial charge in [-0.3, -0.25) is 0 Å². The quantitative estimate of drug-likeness (QED) is 0.664. The van der Waals surface area contributed by atoms with E-state index in [1.54, 1.807) is 0 Å². The molecule has 0 aliphatic rings. The fourth-order valence-electron chi connectivity index (χ4n) is 0.719. The first-order chi connectivity index (χ1) is 4.84. The zero-order chi connectivity index (χ0) is 9.07. The summed E-state index contributed by atoms with van der Waals surface area (Å²) in [6, 6.07) is 0.611.